The summed E-state index contributed by atoms with van der Waals surface area (Å²) >= 11 is 7.51. The molecular weight excluding hydrogens is 294 g/mol. The van der Waals surface area contributed by atoms with Gasteiger partial charge in [0.05, 0.1) is 7.11 Å². The number of ether oxygens (including phenoxy) is 1. The second kappa shape index (κ2) is 7.36. The fraction of sp³-hybridized carbons (Fsp3) is 0.286. The van der Waals surface area contributed by atoms with E-state index >= 15 is 0 Å². The van der Waals surface area contributed by atoms with Gasteiger partial charge in [0.2, 0.25) is 5.95 Å². The van der Waals surface area contributed by atoms with E-state index in [0.717, 1.165) is 24.3 Å². The number of hydrogen-bond acceptors (Lipinski definition) is 5. The van der Waals surface area contributed by atoms with Gasteiger partial charge in [-0.05, 0) is 36.4 Å². The summed E-state index contributed by atoms with van der Waals surface area (Å²) in [7, 11) is 1.69. The highest BCUT2D eigenvalue weighted by Crippen LogP contribution is 2.25. The van der Waals surface area contributed by atoms with Crippen molar-refractivity contribution in [2.24, 2.45) is 0 Å². The number of anilines is 1. The fourth-order valence-corrected chi connectivity index (χ4v) is 2.35. The average Bonchev–Trinajstić information content (AvgIpc) is 2.47. The fourth-order valence-electron chi connectivity index (χ4n) is 1.79. The average molecular weight is 310 g/mol. The molecule has 106 valence electrons. The molecule has 0 atom stereocenters. The van der Waals surface area contributed by atoms with Crippen LogP contribution in [0.3, 0.4) is 0 Å². The molecule has 0 aliphatic heterocycles. The third-order valence-corrected chi connectivity index (χ3v) is 3.73. The topological polar surface area (TPSA) is 47.0 Å². The molecule has 0 aliphatic rings. The zero-order valence-corrected chi connectivity index (χ0v) is 13.0. The van der Waals surface area contributed by atoms with E-state index in [1.165, 1.54) is 4.90 Å². The molecule has 0 amide bonds. The minimum Gasteiger partial charge on any atom is -0.496 e. The number of nitrogens with one attached hydrogen (secondary N) is 1. The predicted octanol–water partition coefficient (Wildman–Crippen LogP) is 3.52. The Balaban J connectivity index is 1.97. The molecule has 1 aromatic carbocycles. The van der Waals surface area contributed by atoms with Crippen molar-refractivity contribution in [1.82, 2.24) is 9.97 Å². The van der Waals surface area contributed by atoms with Crippen LogP contribution in [0.4, 0.5) is 5.95 Å². The molecule has 0 saturated heterocycles. The van der Waals surface area contributed by atoms with E-state index in [1.54, 1.807) is 31.1 Å². The molecule has 0 unspecified atom stereocenters. The number of nitrogens with zero attached hydrogens (tertiary/aromatic N) is 2. The van der Waals surface area contributed by atoms with E-state index in [9.17, 15) is 0 Å². The lowest BCUT2D eigenvalue weighted by atomic mass is 10.1. The number of aromatic nitrogens is 2. The number of hydrogen-bond donors (Lipinski definition) is 1. The lowest BCUT2D eigenvalue weighted by Crippen LogP contribution is -2.08. The van der Waals surface area contributed by atoms with Crippen molar-refractivity contribution in [3.63, 3.8) is 0 Å². The smallest absolute Gasteiger partial charge is 0.224 e. The summed E-state index contributed by atoms with van der Waals surface area (Å²) in [5.41, 5.74) is 1.15. The van der Waals surface area contributed by atoms with Crippen molar-refractivity contribution in [2.45, 2.75) is 11.3 Å². The lowest BCUT2D eigenvalue weighted by molar-refractivity contribution is 0.409. The largest absolute Gasteiger partial charge is 0.496 e. The van der Waals surface area contributed by atoms with Gasteiger partial charge in [-0.25, -0.2) is 9.97 Å². The van der Waals surface area contributed by atoms with Gasteiger partial charge in [0, 0.05) is 17.6 Å². The van der Waals surface area contributed by atoms with Crippen LogP contribution in [0.5, 0.6) is 5.75 Å². The quantitative estimate of drug-likeness (QED) is 0.653. The van der Waals surface area contributed by atoms with Crippen molar-refractivity contribution >= 4 is 29.3 Å². The third-order valence-electron chi connectivity index (χ3n) is 2.79. The molecule has 20 heavy (non-hydrogen) atoms. The molecule has 0 radical (unpaired) electrons. The van der Waals surface area contributed by atoms with E-state index in [4.69, 9.17) is 16.3 Å². The summed E-state index contributed by atoms with van der Waals surface area (Å²) in [6.45, 7) is 0.718. The molecule has 0 aliphatic carbocycles. The van der Waals surface area contributed by atoms with Gasteiger partial charge in [-0.3, -0.25) is 0 Å². The first-order valence-electron chi connectivity index (χ1n) is 6.16. The van der Waals surface area contributed by atoms with Crippen molar-refractivity contribution in [1.29, 1.82) is 0 Å². The van der Waals surface area contributed by atoms with E-state index in [-0.39, 0.29) is 0 Å². The summed E-state index contributed by atoms with van der Waals surface area (Å²) < 4.78 is 5.42. The Hall–Kier alpha value is -1.46. The number of thioether (sulfide) groups is 1. The van der Waals surface area contributed by atoms with Gasteiger partial charge in [0.1, 0.15) is 10.9 Å². The SMILES string of the molecule is COc1cc(SC)ccc1CCNc1nccc(Cl)n1. The predicted molar refractivity (Wildman–Crippen MR) is 84.0 cm³/mol. The van der Waals surface area contributed by atoms with Crippen LogP contribution < -0.4 is 10.1 Å². The molecule has 2 rings (SSSR count). The van der Waals surface area contributed by atoms with Gasteiger partial charge in [-0.2, -0.15) is 0 Å². The van der Waals surface area contributed by atoms with Crippen LogP contribution in [0.1, 0.15) is 5.56 Å². The summed E-state index contributed by atoms with van der Waals surface area (Å²) in [6.07, 6.45) is 4.51. The standard InChI is InChI=1S/C14H16ClN3OS/c1-19-12-9-11(20-2)4-3-10(12)5-7-16-14-17-8-6-13(15)18-14/h3-4,6,8-9H,5,7H2,1-2H3,(H,16,17,18). The molecule has 6 heteroatoms. The second-order valence-corrected chi connectivity index (χ2v) is 5.32. The first kappa shape index (κ1) is 14.9. The minimum atomic E-state index is 0.435. The normalized spacial score (nSPS) is 10.3. The van der Waals surface area contributed by atoms with Gasteiger partial charge in [0.25, 0.3) is 0 Å². The van der Waals surface area contributed by atoms with Crippen LogP contribution in [0, 0.1) is 0 Å². The maximum absolute atomic E-state index is 5.81. The Labute approximate surface area is 127 Å². The molecule has 0 fully saturated rings. The maximum Gasteiger partial charge on any atom is 0.224 e. The van der Waals surface area contributed by atoms with E-state index in [0.29, 0.717) is 11.1 Å². The number of methoxy groups -OCH3 is 1. The number of halogens is 1. The Morgan fingerprint density at radius 2 is 2.20 bits per heavy atom. The summed E-state index contributed by atoms with van der Waals surface area (Å²) in [4.78, 5) is 9.37. The highest BCUT2D eigenvalue weighted by Gasteiger charge is 2.05. The van der Waals surface area contributed by atoms with Crippen molar-refractivity contribution < 1.29 is 4.74 Å². The highest BCUT2D eigenvalue weighted by molar-refractivity contribution is 7.98. The Bertz CT molecular complexity index is 580. The Morgan fingerprint density at radius 3 is 2.90 bits per heavy atom. The van der Waals surface area contributed by atoms with Crippen LogP contribution in [0.15, 0.2) is 35.4 Å². The summed E-state index contributed by atoms with van der Waals surface area (Å²) in [5, 5.41) is 3.58. The summed E-state index contributed by atoms with van der Waals surface area (Å²) in [5.74, 6) is 1.45. The second-order valence-electron chi connectivity index (χ2n) is 4.06. The Morgan fingerprint density at radius 1 is 1.35 bits per heavy atom. The molecule has 1 N–H and O–H groups in total. The summed E-state index contributed by atoms with van der Waals surface area (Å²) in [6, 6.07) is 7.89. The Kier molecular flexibility index (Phi) is 5.49. The maximum atomic E-state index is 5.81. The first-order chi connectivity index (χ1) is 9.72. The van der Waals surface area contributed by atoms with Crippen LogP contribution in [-0.2, 0) is 6.42 Å². The van der Waals surface area contributed by atoms with Gasteiger partial charge in [-0.1, -0.05) is 17.7 Å². The van der Waals surface area contributed by atoms with Gasteiger partial charge in [-0.15, -0.1) is 11.8 Å². The van der Waals surface area contributed by atoms with E-state index in [1.807, 2.05) is 6.26 Å². The molecule has 2 aromatic rings. The van der Waals surface area contributed by atoms with Crippen LogP contribution >= 0.6 is 23.4 Å². The van der Waals surface area contributed by atoms with Crippen LogP contribution in [0.25, 0.3) is 0 Å². The van der Waals surface area contributed by atoms with Crippen molar-refractivity contribution in [3.8, 4) is 5.75 Å². The van der Waals surface area contributed by atoms with Crippen LogP contribution in [0.2, 0.25) is 5.15 Å². The molecule has 0 bridgehead atoms. The molecular formula is C14H16ClN3OS. The van der Waals surface area contributed by atoms with Crippen LogP contribution in [-0.4, -0.2) is 29.9 Å². The first-order valence-corrected chi connectivity index (χ1v) is 7.76. The van der Waals surface area contributed by atoms with Gasteiger partial charge in [0.15, 0.2) is 0 Å². The van der Waals surface area contributed by atoms with Crippen molar-refractivity contribution in [3.05, 3.63) is 41.2 Å². The molecule has 1 heterocycles. The monoisotopic (exact) mass is 309 g/mol. The zero-order chi connectivity index (χ0) is 14.4. The minimum absolute atomic E-state index is 0.435. The van der Waals surface area contributed by atoms with Gasteiger partial charge < -0.3 is 10.1 Å². The van der Waals surface area contributed by atoms with E-state index < -0.39 is 0 Å². The number of benzene rings is 1. The van der Waals surface area contributed by atoms with E-state index in [2.05, 4.69) is 33.5 Å². The molecule has 1 aromatic heterocycles. The number of rotatable bonds is 6. The van der Waals surface area contributed by atoms with Crippen molar-refractivity contribution in [2.75, 3.05) is 25.2 Å². The third kappa shape index (κ3) is 4.02. The molecule has 0 saturated carbocycles. The molecule has 4 nitrogen and oxygen atoms in total. The van der Waals surface area contributed by atoms with Gasteiger partial charge >= 0.3 is 0 Å². The zero-order valence-electron chi connectivity index (χ0n) is 11.4. The highest BCUT2D eigenvalue weighted by atomic mass is 35.5. The lowest BCUT2D eigenvalue weighted by Gasteiger charge is -2.10. The molecule has 0 spiro atoms.